The second-order valence-electron chi connectivity index (χ2n) is 8.34. The van der Waals surface area contributed by atoms with Crippen LogP contribution in [0.3, 0.4) is 0 Å². The van der Waals surface area contributed by atoms with Crippen molar-refractivity contribution >= 4 is 18.0 Å². The lowest BCUT2D eigenvalue weighted by Crippen LogP contribution is -2.47. The molecule has 1 heterocycles. The maximum absolute atomic E-state index is 13.1. The van der Waals surface area contributed by atoms with E-state index in [0.29, 0.717) is 12.8 Å². The monoisotopic (exact) mass is 375 g/mol. The highest BCUT2D eigenvalue weighted by Gasteiger charge is 2.44. The number of hydrogen-bond acceptors (Lipinski definition) is 5. The molecule has 1 aromatic rings. The Morgan fingerprint density at radius 3 is 2.41 bits per heavy atom. The van der Waals surface area contributed by atoms with Crippen molar-refractivity contribution in [3.05, 3.63) is 35.9 Å². The first kappa shape index (κ1) is 20.9. The third kappa shape index (κ3) is 5.81. The first-order valence-electron chi connectivity index (χ1n) is 9.35. The second-order valence-corrected chi connectivity index (χ2v) is 8.34. The molecule has 2 amide bonds. The van der Waals surface area contributed by atoms with Gasteiger partial charge in [0.05, 0.1) is 6.04 Å². The lowest BCUT2D eigenvalue weighted by molar-refractivity contribution is -0.165. The summed E-state index contributed by atoms with van der Waals surface area (Å²) in [6.45, 7) is 9.24. The van der Waals surface area contributed by atoms with E-state index in [9.17, 15) is 14.4 Å². The number of ether oxygens (including phenoxy) is 2. The average Bonchev–Trinajstić information content (AvgIpc) is 2.91. The van der Waals surface area contributed by atoms with Gasteiger partial charge in [-0.3, -0.25) is 9.59 Å². The van der Waals surface area contributed by atoms with Crippen LogP contribution in [0.4, 0.5) is 4.79 Å². The second kappa shape index (κ2) is 8.55. The number of carbonyl (C=O) groups excluding carboxylic acids is 3. The van der Waals surface area contributed by atoms with Gasteiger partial charge in [0.2, 0.25) is 5.91 Å². The number of carbonyl (C=O) groups is 3. The number of rotatable bonds is 6. The molecular weight excluding hydrogens is 346 g/mol. The fourth-order valence-corrected chi connectivity index (χ4v) is 3.08. The van der Waals surface area contributed by atoms with Gasteiger partial charge in [-0.2, -0.15) is 0 Å². The normalized spacial score (nSPS) is 18.4. The van der Waals surface area contributed by atoms with E-state index in [1.165, 1.54) is 0 Å². The molecule has 1 aromatic carbocycles. The Labute approximate surface area is 160 Å². The van der Waals surface area contributed by atoms with E-state index >= 15 is 0 Å². The van der Waals surface area contributed by atoms with Crippen LogP contribution in [0.25, 0.3) is 0 Å². The van der Waals surface area contributed by atoms with Crippen LogP contribution in [-0.4, -0.2) is 41.1 Å². The van der Waals surface area contributed by atoms with Gasteiger partial charge < -0.3 is 9.47 Å². The Balaban J connectivity index is 2.22. The Kier molecular flexibility index (Phi) is 6.63. The van der Waals surface area contributed by atoms with Crippen molar-refractivity contribution in [3.8, 4) is 0 Å². The molecular formula is C21H29NO5. The van der Waals surface area contributed by atoms with Crippen molar-refractivity contribution in [2.24, 2.45) is 11.8 Å². The van der Waals surface area contributed by atoms with E-state index in [2.05, 4.69) is 0 Å². The van der Waals surface area contributed by atoms with E-state index < -0.39 is 35.5 Å². The Morgan fingerprint density at radius 2 is 1.85 bits per heavy atom. The van der Waals surface area contributed by atoms with Gasteiger partial charge in [0.1, 0.15) is 18.1 Å². The van der Waals surface area contributed by atoms with Gasteiger partial charge in [0.15, 0.2) is 0 Å². The molecule has 1 fully saturated rings. The summed E-state index contributed by atoms with van der Waals surface area (Å²) in [7, 11) is 0. The minimum Gasteiger partial charge on any atom is -0.459 e. The summed E-state index contributed by atoms with van der Waals surface area (Å²) in [5.74, 6) is -2.06. The number of cyclic esters (lactones) is 1. The van der Waals surface area contributed by atoms with E-state index in [-0.39, 0.29) is 12.5 Å². The van der Waals surface area contributed by atoms with Gasteiger partial charge in [-0.05, 0) is 45.1 Å². The molecule has 0 aromatic heterocycles. The first-order valence-corrected chi connectivity index (χ1v) is 9.35. The summed E-state index contributed by atoms with van der Waals surface area (Å²) in [6, 6.07) is 9.16. The van der Waals surface area contributed by atoms with Gasteiger partial charge in [-0.25, -0.2) is 9.69 Å². The molecule has 0 saturated carbocycles. The van der Waals surface area contributed by atoms with Crippen LogP contribution in [0, 0.1) is 11.8 Å². The van der Waals surface area contributed by atoms with Crippen LogP contribution >= 0.6 is 0 Å². The molecule has 2 atom stereocenters. The van der Waals surface area contributed by atoms with Crippen molar-refractivity contribution in [2.75, 3.05) is 6.61 Å². The minimum atomic E-state index is -1.02. The average molecular weight is 375 g/mol. The summed E-state index contributed by atoms with van der Waals surface area (Å²) in [4.78, 5) is 39.1. The Morgan fingerprint density at radius 1 is 1.22 bits per heavy atom. The van der Waals surface area contributed by atoms with Gasteiger partial charge in [-0.15, -0.1) is 0 Å². The largest absolute Gasteiger partial charge is 0.459 e. The summed E-state index contributed by atoms with van der Waals surface area (Å²) >= 11 is 0. The maximum atomic E-state index is 13.1. The zero-order valence-corrected chi connectivity index (χ0v) is 16.7. The highest BCUT2D eigenvalue weighted by molar-refractivity contribution is 6.04. The quantitative estimate of drug-likeness (QED) is 0.561. The fourth-order valence-electron chi connectivity index (χ4n) is 3.08. The van der Waals surface area contributed by atoms with Gasteiger partial charge in [0, 0.05) is 0 Å². The van der Waals surface area contributed by atoms with E-state index in [0.717, 1.165) is 10.5 Å². The molecule has 1 aliphatic heterocycles. The van der Waals surface area contributed by atoms with Crippen LogP contribution in [0.2, 0.25) is 0 Å². The molecule has 1 saturated heterocycles. The van der Waals surface area contributed by atoms with E-state index in [1.54, 1.807) is 20.8 Å². The molecule has 27 heavy (non-hydrogen) atoms. The zero-order chi connectivity index (χ0) is 20.2. The number of imide groups is 1. The fraction of sp³-hybridized carbons (Fsp3) is 0.571. The van der Waals surface area contributed by atoms with Crippen molar-refractivity contribution in [1.82, 2.24) is 4.90 Å². The lowest BCUT2D eigenvalue weighted by atomic mass is 9.94. The number of amides is 2. The molecule has 6 heteroatoms. The molecule has 1 aliphatic rings. The minimum absolute atomic E-state index is 0.0951. The Bertz CT molecular complexity index is 678. The molecule has 2 rings (SSSR count). The summed E-state index contributed by atoms with van der Waals surface area (Å²) in [6.07, 6.45) is 0.106. The summed E-state index contributed by atoms with van der Waals surface area (Å²) in [5, 5.41) is 0. The smallest absolute Gasteiger partial charge is 0.417 e. The number of benzene rings is 1. The molecule has 0 bridgehead atoms. The summed E-state index contributed by atoms with van der Waals surface area (Å²) < 4.78 is 10.6. The molecule has 0 N–H and O–H groups in total. The molecule has 0 spiro atoms. The standard InChI is InChI=1S/C21H29NO5/c1-14(2)11-17(19(24)27-21(3,4)5)18(23)22-16(13-26-20(22)25)12-15-9-7-6-8-10-15/h6-10,14,16-17H,11-13H2,1-5H3/t16-,17?/m1/s1. The molecule has 1 unspecified atom stereocenters. The van der Waals surface area contributed by atoms with Crippen molar-refractivity contribution in [3.63, 3.8) is 0 Å². The van der Waals surface area contributed by atoms with Crippen LogP contribution in [0.1, 0.15) is 46.6 Å². The zero-order valence-electron chi connectivity index (χ0n) is 16.7. The highest BCUT2D eigenvalue weighted by Crippen LogP contribution is 2.25. The number of nitrogens with zero attached hydrogens (tertiary/aromatic N) is 1. The van der Waals surface area contributed by atoms with Crippen LogP contribution < -0.4 is 0 Å². The van der Waals surface area contributed by atoms with Crippen LogP contribution in [0.5, 0.6) is 0 Å². The lowest BCUT2D eigenvalue weighted by Gasteiger charge is -2.27. The predicted molar refractivity (Wildman–Crippen MR) is 101 cm³/mol. The summed E-state index contributed by atoms with van der Waals surface area (Å²) in [5.41, 5.74) is 0.290. The van der Waals surface area contributed by atoms with Gasteiger partial charge in [0.25, 0.3) is 0 Å². The molecule has 6 nitrogen and oxygen atoms in total. The molecule has 148 valence electrons. The van der Waals surface area contributed by atoms with Crippen molar-refractivity contribution < 1.29 is 23.9 Å². The van der Waals surface area contributed by atoms with Gasteiger partial charge in [-0.1, -0.05) is 44.2 Å². The van der Waals surface area contributed by atoms with Crippen LogP contribution in [0.15, 0.2) is 30.3 Å². The van der Waals surface area contributed by atoms with Crippen molar-refractivity contribution in [1.29, 1.82) is 0 Å². The SMILES string of the molecule is CC(C)CC(C(=O)OC(C)(C)C)C(=O)N1C(=O)OC[C@H]1Cc1ccccc1. The Hall–Kier alpha value is -2.37. The van der Waals surface area contributed by atoms with Crippen molar-refractivity contribution in [2.45, 2.75) is 59.1 Å². The number of esters is 1. The maximum Gasteiger partial charge on any atom is 0.417 e. The molecule has 0 aliphatic carbocycles. The van der Waals surface area contributed by atoms with E-state index in [1.807, 2.05) is 44.2 Å². The third-order valence-electron chi connectivity index (χ3n) is 4.21. The van der Waals surface area contributed by atoms with Crippen LogP contribution in [-0.2, 0) is 25.5 Å². The highest BCUT2D eigenvalue weighted by atomic mass is 16.6. The molecule has 0 radical (unpaired) electrons. The van der Waals surface area contributed by atoms with E-state index in [4.69, 9.17) is 9.47 Å². The third-order valence-corrected chi connectivity index (χ3v) is 4.21. The predicted octanol–water partition coefficient (Wildman–Crippen LogP) is 3.58. The van der Waals surface area contributed by atoms with Gasteiger partial charge >= 0.3 is 12.1 Å². The number of hydrogen-bond donors (Lipinski definition) is 0. The first-order chi connectivity index (χ1) is 12.6. The topological polar surface area (TPSA) is 72.9 Å².